The van der Waals surface area contributed by atoms with Gasteiger partial charge in [0, 0.05) is 12.2 Å². The van der Waals surface area contributed by atoms with Gasteiger partial charge >= 0.3 is 0 Å². The Labute approximate surface area is 156 Å². The predicted molar refractivity (Wildman–Crippen MR) is 107 cm³/mol. The number of allylic oxidation sites excluding steroid dienone is 1. The molecule has 0 amide bonds. The molecule has 3 heteroatoms. The molecule has 0 saturated carbocycles. The molecule has 0 aliphatic rings. The third kappa shape index (κ3) is 7.66. The molecule has 0 aliphatic carbocycles. The zero-order valence-corrected chi connectivity index (χ0v) is 15.3. The third-order valence-electron chi connectivity index (χ3n) is 4.19. The highest BCUT2D eigenvalue weighted by atomic mass is 16.5. The van der Waals surface area contributed by atoms with Gasteiger partial charge in [-0.3, -0.25) is 4.79 Å². The van der Waals surface area contributed by atoms with Crippen molar-refractivity contribution in [2.45, 2.75) is 38.5 Å². The first kappa shape index (κ1) is 19.9. The van der Waals surface area contributed by atoms with E-state index in [1.807, 2.05) is 60.7 Å². The molecule has 0 aliphatic heterocycles. The highest BCUT2D eigenvalue weighted by Crippen LogP contribution is 2.14. The molecule has 0 saturated heterocycles. The maximum Gasteiger partial charge on any atom is 0.185 e. The van der Waals surface area contributed by atoms with Gasteiger partial charge in [-0.25, -0.2) is 0 Å². The van der Waals surface area contributed by atoms with Crippen LogP contribution >= 0.6 is 0 Å². The fraction of sp³-hybridized carbons (Fsp3) is 0.348. The Morgan fingerprint density at radius 2 is 1.50 bits per heavy atom. The second-order valence-electron chi connectivity index (χ2n) is 6.33. The van der Waals surface area contributed by atoms with E-state index in [4.69, 9.17) is 9.84 Å². The smallest absolute Gasteiger partial charge is 0.185 e. The van der Waals surface area contributed by atoms with Crippen LogP contribution in [0.15, 0.2) is 60.7 Å². The fourth-order valence-corrected chi connectivity index (χ4v) is 2.66. The zero-order chi connectivity index (χ0) is 18.5. The van der Waals surface area contributed by atoms with Gasteiger partial charge in [0.1, 0.15) is 5.75 Å². The molecule has 2 aromatic carbocycles. The minimum atomic E-state index is -0.0108. The zero-order valence-electron chi connectivity index (χ0n) is 15.3. The van der Waals surface area contributed by atoms with E-state index in [9.17, 15) is 4.79 Å². The molecule has 3 nitrogen and oxygen atoms in total. The summed E-state index contributed by atoms with van der Waals surface area (Å²) in [7, 11) is 0. The number of carbonyl (C=O) groups is 1. The lowest BCUT2D eigenvalue weighted by molar-refractivity contribution is 0.104. The van der Waals surface area contributed by atoms with E-state index < -0.39 is 0 Å². The van der Waals surface area contributed by atoms with Crippen molar-refractivity contribution in [2.75, 3.05) is 13.2 Å². The molecule has 1 N–H and O–H groups in total. The summed E-state index contributed by atoms with van der Waals surface area (Å²) in [6.45, 7) is 0.991. The van der Waals surface area contributed by atoms with Crippen molar-refractivity contribution in [1.82, 2.24) is 0 Å². The Morgan fingerprint density at radius 3 is 2.19 bits per heavy atom. The van der Waals surface area contributed by atoms with Gasteiger partial charge in [0.2, 0.25) is 0 Å². The summed E-state index contributed by atoms with van der Waals surface area (Å²) in [6.07, 6.45) is 9.97. The van der Waals surface area contributed by atoms with Gasteiger partial charge in [0.05, 0.1) is 6.61 Å². The van der Waals surface area contributed by atoms with E-state index in [-0.39, 0.29) is 5.78 Å². The van der Waals surface area contributed by atoms with Crippen LogP contribution in [0.1, 0.15) is 54.4 Å². The quantitative estimate of drug-likeness (QED) is 0.320. The second-order valence-corrected chi connectivity index (χ2v) is 6.33. The number of benzene rings is 2. The Kier molecular flexibility index (Phi) is 9.23. The number of aliphatic hydroxyl groups excluding tert-OH is 1. The van der Waals surface area contributed by atoms with Crippen LogP contribution in [0.2, 0.25) is 0 Å². The molecule has 0 bridgehead atoms. The molecule has 0 fully saturated rings. The average Bonchev–Trinajstić information content (AvgIpc) is 2.69. The Bertz CT molecular complexity index is 660. The molecule has 138 valence electrons. The van der Waals surface area contributed by atoms with Crippen LogP contribution in [0.4, 0.5) is 0 Å². The van der Waals surface area contributed by atoms with Gasteiger partial charge in [-0.2, -0.15) is 0 Å². The van der Waals surface area contributed by atoms with Crippen molar-refractivity contribution in [1.29, 1.82) is 0 Å². The number of ketones is 1. The van der Waals surface area contributed by atoms with Crippen molar-refractivity contribution in [3.05, 3.63) is 71.8 Å². The number of hydrogen-bond donors (Lipinski definition) is 1. The first-order valence-electron chi connectivity index (χ1n) is 9.41. The highest BCUT2D eigenvalue weighted by molar-refractivity contribution is 6.06. The molecule has 26 heavy (non-hydrogen) atoms. The second kappa shape index (κ2) is 12.0. The van der Waals surface area contributed by atoms with Gasteiger partial charge in [-0.05, 0) is 48.7 Å². The molecule has 2 aromatic rings. The monoisotopic (exact) mass is 352 g/mol. The third-order valence-corrected chi connectivity index (χ3v) is 4.19. The molecule has 2 rings (SSSR count). The number of ether oxygens (including phenoxy) is 1. The van der Waals surface area contributed by atoms with Crippen LogP contribution in [-0.4, -0.2) is 24.1 Å². The first-order chi connectivity index (χ1) is 12.8. The topological polar surface area (TPSA) is 46.5 Å². The predicted octanol–water partition coefficient (Wildman–Crippen LogP) is 5.29. The molecule has 0 atom stereocenters. The van der Waals surface area contributed by atoms with Gasteiger partial charge < -0.3 is 9.84 Å². The van der Waals surface area contributed by atoms with Crippen LogP contribution < -0.4 is 4.74 Å². The SMILES string of the molecule is O=C(C=Cc1ccccc1)c1ccc(OCCCCCCCCO)cc1. The van der Waals surface area contributed by atoms with E-state index in [1.54, 1.807) is 6.08 Å². The average molecular weight is 352 g/mol. The lowest BCUT2D eigenvalue weighted by atomic mass is 10.1. The summed E-state index contributed by atoms with van der Waals surface area (Å²) in [4.78, 5) is 12.2. The summed E-state index contributed by atoms with van der Waals surface area (Å²) in [6, 6.07) is 17.1. The number of rotatable bonds is 12. The van der Waals surface area contributed by atoms with Crippen molar-refractivity contribution < 1.29 is 14.6 Å². The summed E-state index contributed by atoms with van der Waals surface area (Å²) in [5.41, 5.74) is 1.67. The van der Waals surface area contributed by atoms with E-state index in [0.717, 1.165) is 37.0 Å². The minimum absolute atomic E-state index is 0.0108. The molecule has 0 spiro atoms. The maximum atomic E-state index is 12.2. The van der Waals surface area contributed by atoms with Crippen molar-refractivity contribution in [2.24, 2.45) is 0 Å². The maximum absolute atomic E-state index is 12.2. The Balaban J connectivity index is 1.69. The van der Waals surface area contributed by atoms with Gasteiger partial charge in [-0.15, -0.1) is 0 Å². The van der Waals surface area contributed by atoms with Gasteiger partial charge in [-0.1, -0.05) is 62.1 Å². The van der Waals surface area contributed by atoms with E-state index >= 15 is 0 Å². The highest BCUT2D eigenvalue weighted by Gasteiger charge is 2.02. The molecule has 0 heterocycles. The number of hydrogen-bond acceptors (Lipinski definition) is 3. The minimum Gasteiger partial charge on any atom is -0.494 e. The number of aliphatic hydroxyl groups is 1. The summed E-state index contributed by atoms with van der Waals surface area (Å²) in [5, 5.41) is 8.72. The molecular formula is C23H28O3. The van der Waals surface area contributed by atoms with Crippen LogP contribution in [0, 0.1) is 0 Å². The first-order valence-corrected chi connectivity index (χ1v) is 9.41. The van der Waals surface area contributed by atoms with Gasteiger partial charge in [0.25, 0.3) is 0 Å². The molecule has 0 aromatic heterocycles. The standard InChI is InChI=1S/C23H28O3/c24-18-8-3-1-2-4-9-19-26-22-15-13-21(14-16-22)23(25)17-12-20-10-6-5-7-11-20/h5-7,10-17,24H,1-4,8-9,18-19H2. The lowest BCUT2D eigenvalue weighted by Crippen LogP contribution is -1.99. The number of carbonyl (C=O) groups excluding carboxylic acids is 1. The fourth-order valence-electron chi connectivity index (χ4n) is 2.66. The van der Waals surface area contributed by atoms with Crippen molar-refractivity contribution in [3.63, 3.8) is 0 Å². The Morgan fingerprint density at radius 1 is 0.846 bits per heavy atom. The summed E-state index contributed by atoms with van der Waals surface area (Å²) in [5.74, 6) is 0.789. The normalized spacial score (nSPS) is 11.0. The van der Waals surface area contributed by atoms with Crippen molar-refractivity contribution in [3.8, 4) is 5.75 Å². The summed E-state index contributed by atoms with van der Waals surface area (Å²) >= 11 is 0. The summed E-state index contributed by atoms with van der Waals surface area (Å²) < 4.78 is 5.73. The van der Waals surface area contributed by atoms with Crippen LogP contribution in [0.25, 0.3) is 6.08 Å². The van der Waals surface area contributed by atoms with Gasteiger partial charge in [0.15, 0.2) is 5.78 Å². The van der Waals surface area contributed by atoms with E-state index in [1.165, 1.54) is 12.8 Å². The number of unbranched alkanes of at least 4 members (excludes halogenated alkanes) is 5. The molecule has 0 unspecified atom stereocenters. The largest absolute Gasteiger partial charge is 0.494 e. The Hall–Kier alpha value is -2.39. The lowest BCUT2D eigenvalue weighted by Gasteiger charge is -2.06. The molecule has 0 radical (unpaired) electrons. The van der Waals surface area contributed by atoms with E-state index in [2.05, 4.69) is 0 Å². The van der Waals surface area contributed by atoms with Crippen LogP contribution in [0.5, 0.6) is 5.75 Å². The molecular weight excluding hydrogens is 324 g/mol. The van der Waals surface area contributed by atoms with Crippen LogP contribution in [-0.2, 0) is 0 Å². The van der Waals surface area contributed by atoms with E-state index in [0.29, 0.717) is 18.8 Å². The van der Waals surface area contributed by atoms with Crippen molar-refractivity contribution >= 4 is 11.9 Å². The van der Waals surface area contributed by atoms with Crippen LogP contribution in [0.3, 0.4) is 0 Å².